The van der Waals surface area contributed by atoms with Crippen molar-refractivity contribution in [3.8, 4) is 0 Å². The van der Waals surface area contributed by atoms with E-state index in [9.17, 15) is 4.79 Å². The third kappa shape index (κ3) is 6.33. The van der Waals surface area contributed by atoms with E-state index in [1.54, 1.807) is 7.05 Å². The molecule has 1 aliphatic rings. The molecule has 6 nitrogen and oxygen atoms in total. The first-order valence-corrected chi connectivity index (χ1v) is 11.7. The zero-order valence-electron chi connectivity index (χ0n) is 19.7. The van der Waals surface area contributed by atoms with Gasteiger partial charge in [-0.25, -0.2) is 0 Å². The number of nitrogens with one attached hydrogen (secondary N) is 2. The monoisotopic (exact) mass is 435 g/mol. The lowest BCUT2D eigenvalue weighted by Crippen LogP contribution is -2.43. The van der Waals surface area contributed by atoms with E-state index in [2.05, 4.69) is 76.8 Å². The van der Waals surface area contributed by atoms with Crippen molar-refractivity contribution in [1.82, 2.24) is 20.4 Å². The fourth-order valence-electron chi connectivity index (χ4n) is 4.35. The number of hydrogen-bond acceptors (Lipinski definition) is 3. The standard InChI is InChI=1S/C26H37N5O/c1-4-30(5-2)24(21-12-7-6-8-13-21)19-29-26(27-3)28-18-22-14-9-10-15-23(22)20-31-17-11-16-25(31)32/h6-10,12-15,24H,4-5,11,16-20H2,1-3H3,(H2,27,28,29). The van der Waals surface area contributed by atoms with Crippen LogP contribution < -0.4 is 10.6 Å². The molecule has 0 saturated carbocycles. The molecule has 0 aliphatic carbocycles. The number of likely N-dealkylation sites (N-methyl/N-ethyl adjacent to an activating group) is 1. The molecule has 1 aliphatic heterocycles. The lowest BCUT2D eigenvalue weighted by molar-refractivity contribution is -0.128. The van der Waals surface area contributed by atoms with Crippen LogP contribution in [0.1, 0.15) is 49.4 Å². The number of amides is 1. The molecule has 1 atom stereocenters. The van der Waals surface area contributed by atoms with E-state index in [-0.39, 0.29) is 11.9 Å². The highest BCUT2D eigenvalue weighted by atomic mass is 16.2. The van der Waals surface area contributed by atoms with Crippen molar-refractivity contribution in [3.63, 3.8) is 0 Å². The smallest absolute Gasteiger partial charge is 0.222 e. The summed E-state index contributed by atoms with van der Waals surface area (Å²) in [5.41, 5.74) is 3.69. The van der Waals surface area contributed by atoms with Gasteiger partial charge in [-0.1, -0.05) is 68.4 Å². The Morgan fingerprint density at radius 3 is 2.34 bits per heavy atom. The molecule has 6 heteroatoms. The number of nitrogens with zero attached hydrogens (tertiary/aromatic N) is 3. The summed E-state index contributed by atoms with van der Waals surface area (Å²) in [6.07, 6.45) is 1.64. The van der Waals surface area contributed by atoms with Gasteiger partial charge in [-0.2, -0.15) is 0 Å². The minimum atomic E-state index is 0.258. The van der Waals surface area contributed by atoms with Crippen molar-refractivity contribution in [2.24, 2.45) is 4.99 Å². The fourth-order valence-corrected chi connectivity index (χ4v) is 4.35. The maximum atomic E-state index is 12.1. The molecular formula is C26H37N5O. The highest BCUT2D eigenvalue weighted by molar-refractivity contribution is 5.80. The minimum Gasteiger partial charge on any atom is -0.354 e. The average Bonchev–Trinajstić information content (AvgIpc) is 3.24. The van der Waals surface area contributed by atoms with Crippen LogP contribution >= 0.6 is 0 Å². The third-order valence-corrected chi connectivity index (χ3v) is 6.22. The molecule has 0 spiro atoms. The Balaban J connectivity index is 1.62. The summed E-state index contributed by atoms with van der Waals surface area (Å²) in [4.78, 5) is 20.9. The van der Waals surface area contributed by atoms with Gasteiger partial charge in [0.1, 0.15) is 0 Å². The lowest BCUT2D eigenvalue weighted by atomic mass is 10.1. The van der Waals surface area contributed by atoms with Crippen LogP contribution in [0.2, 0.25) is 0 Å². The largest absolute Gasteiger partial charge is 0.354 e. The third-order valence-electron chi connectivity index (χ3n) is 6.22. The van der Waals surface area contributed by atoms with Gasteiger partial charge in [-0.3, -0.25) is 14.7 Å². The Hall–Kier alpha value is -2.86. The second kappa shape index (κ2) is 12.2. The van der Waals surface area contributed by atoms with Crippen LogP contribution in [0.5, 0.6) is 0 Å². The van der Waals surface area contributed by atoms with Gasteiger partial charge in [0.2, 0.25) is 5.91 Å². The van der Waals surface area contributed by atoms with Crippen molar-refractivity contribution < 1.29 is 4.79 Å². The molecule has 2 aromatic carbocycles. The van der Waals surface area contributed by atoms with E-state index in [4.69, 9.17) is 0 Å². The molecule has 2 aromatic rings. The first-order chi connectivity index (χ1) is 15.7. The summed E-state index contributed by atoms with van der Waals surface area (Å²) in [5, 5.41) is 6.98. The SMILES string of the molecule is CCN(CC)C(CNC(=NC)NCc1ccccc1CN1CCCC1=O)c1ccccc1. The molecule has 1 saturated heterocycles. The molecule has 1 heterocycles. The van der Waals surface area contributed by atoms with Crippen molar-refractivity contribution >= 4 is 11.9 Å². The second-order valence-corrected chi connectivity index (χ2v) is 8.14. The maximum Gasteiger partial charge on any atom is 0.222 e. The number of guanidine groups is 1. The van der Waals surface area contributed by atoms with Crippen LogP contribution in [-0.2, 0) is 17.9 Å². The summed E-state index contributed by atoms with van der Waals surface area (Å²) in [5.74, 6) is 1.04. The molecule has 172 valence electrons. The summed E-state index contributed by atoms with van der Waals surface area (Å²) in [6.45, 7) is 9.37. The molecule has 0 aromatic heterocycles. The van der Waals surface area contributed by atoms with Crippen molar-refractivity contribution in [3.05, 3.63) is 71.3 Å². The van der Waals surface area contributed by atoms with Gasteiger partial charge in [0.25, 0.3) is 0 Å². The number of benzene rings is 2. The summed E-state index contributed by atoms with van der Waals surface area (Å²) in [6, 6.07) is 19.2. The Labute approximate surface area is 192 Å². The molecule has 1 unspecified atom stereocenters. The molecule has 3 rings (SSSR count). The van der Waals surface area contributed by atoms with Crippen molar-refractivity contribution in [1.29, 1.82) is 0 Å². The second-order valence-electron chi connectivity index (χ2n) is 8.14. The first-order valence-electron chi connectivity index (χ1n) is 11.7. The van der Waals surface area contributed by atoms with E-state index >= 15 is 0 Å². The molecule has 32 heavy (non-hydrogen) atoms. The summed E-state index contributed by atoms with van der Waals surface area (Å²) < 4.78 is 0. The minimum absolute atomic E-state index is 0.258. The van der Waals surface area contributed by atoms with Gasteiger partial charge < -0.3 is 15.5 Å². The number of likely N-dealkylation sites (tertiary alicyclic amines) is 1. The van der Waals surface area contributed by atoms with Crippen LogP contribution in [0.4, 0.5) is 0 Å². The maximum absolute atomic E-state index is 12.1. The summed E-state index contributed by atoms with van der Waals surface area (Å²) in [7, 11) is 1.80. The Morgan fingerprint density at radius 2 is 1.72 bits per heavy atom. The van der Waals surface area contributed by atoms with E-state index in [0.717, 1.165) is 38.6 Å². The van der Waals surface area contributed by atoms with Gasteiger partial charge in [0.15, 0.2) is 5.96 Å². The van der Waals surface area contributed by atoms with Crippen LogP contribution in [0, 0.1) is 0 Å². The average molecular weight is 436 g/mol. The van der Waals surface area contributed by atoms with Crippen molar-refractivity contribution in [2.75, 3.05) is 33.2 Å². The Kier molecular flexibility index (Phi) is 9.11. The molecule has 0 bridgehead atoms. The molecule has 0 radical (unpaired) electrons. The van der Waals surface area contributed by atoms with Gasteiger partial charge in [-0.05, 0) is 36.2 Å². The fraction of sp³-hybridized carbons (Fsp3) is 0.462. The molecule has 1 amide bonds. The normalized spacial score (nSPS) is 15.3. The van der Waals surface area contributed by atoms with Gasteiger partial charge in [-0.15, -0.1) is 0 Å². The highest BCUT2D eigenvalue weighted by Crippen LogP contribution is 2.20. The number of carbonyl (C=O) groups excluding carboxylic acids is 1. The van der Waals surface area contributed by atoms with Crippen LogP contribution in [0.15, 0.2) is 59.6 Å². The van der Waals surface area contributed by atoms with Crippen molar-refractivity contribution in [2.45, 2.75) is 45.8 Å². The number of carbonyl (C=O) groups is 1. The van der Waals surface area contributed by atoms with Crippen LogP contribution in [0.3, 0.4) is 0 Å². The first kappa shape index (κ1) is 23.8. The predicted molar refractivity (Wildman–Crippen MR) is 131 cm³/mol. The Morgan fingerprint density at radius 1 is 1.03 bits per heavy atom. The van der Waals surface area contributed by atoms with E-state index in [1.165, 1.54) is 16.7 Å². The van der Waals surface area contributed by atoms with E-state index in [0.29, 0.717) is 19.5 Å². The number of hydrogen-bond donors (Lipinski definition) is 2. The molecule has 2 N–H and O–H groups in total. The zero-order valence-corrected chi connectivity index (χ0v) is 19.7. The van der Waals surface area contributed by atoms with Gasteiger partial charge in [0, 0.05) is 39.6 Å². The quantitative estimate of drug-likeness (QED) is 0.443. The van der Waals surface area contributed by atoms with Gasteiger partial charge >= 0.3 is 0 Å². The highest BCUT2D eigenvalue weighted by Gasteiger charge is 2.21. The summed E-state index contributed by atoms with van der Waals surface area (Å²) >= 11 is 0. The van der Waals surface area contributed by atoms with Crippen LogP contribution in [-0.4, -0.2) is 54.9 Å². The van der Waals surface area contributed by atoms with E-state index in [1.807, 2.05) is 17.0 Å². The molecule has 1 fully saturated rings. The molecular weight excluding hydrogens is 398 g/mol. The zero-order chi connectivity index (χ0) is 22.8. The number of rotatable bonds is 10. The van der Waals surface area contributed by atoms with E-state index < -0.39 is 0 Å². The Bertz CT molecular complexity index is 879. The predicted octanol–water partition coefficient (Wildman–Crippen LogP) is 3.56. The van der Waals surface area contributed by atoms with Crippen LogP contribution in [0.25, 0.3) is 0 Å². The topological polar surface area (TPSA) is 60.0 Å². The van der Waals surface area contributed by atoms with Gasteiger partial charge in [0.05, 0.1) is 6.04 Å². The number of aliphatic imine (C=N–C) groups is 1. The lowest BCUT2D eigenvalue weighted by Gasteiger charge is -2.31.